The van der Waals surface area contributed by atoms with Crippen molar-refractivity contribution in [2.24, 2.45) is 0 Å². The summed E-state index contributed by atoms with van der Waals surface area (Å²) in [6.45, 7) is -0.122. The number of anilines is 1. The Kier molecular flexibility index (Phi) is 5.70. The Bertz CT molecular complexity index is 971. The van der Waals surface area contributed by atoms with Crippen molar-refractivity contribution in [1.82, 2.24) is 15.3 Å². The lowest BCUT2D eigenvalue weighted by atomic mass is 10.3. The highest BCUT2D eigenvalue weighted by atomic mass is 79.9. The van der Waals surface area contributed by atoms with Gasteiger partial charge in [0.1, 0.15) is 0 Å². The smallest absolute Gasteiger partial charge is 0.244 e. The Hall–Kier alpha value is -3.06. The van der Waals surface area contributed by atoms with Crippen LogP contribution in [0.3, 0.4) is 0 Å². The molecule has 130 valence electrons. The molecule has 0 aliphatic carbocycles. The quantitative estimate of drug-likeness (QED) is 0.632. The van der Waals surface area contributed by atoms with Crippen molar-refractivity contribution in [3.05, 3.63) is 71.0 Å². The second-order valence-electron chi connectivity index (χ2n) is 5.39. The fraction of sp³-hybridized carbons (Fsp3) is 0.0526. The van der Waals surface area contributed by atoms with Crippen LogP contribution >= 0.6 is 15.9 Å². The number of para-hydroxylation sites is 2. The molecule has 3 rings (SSSR count). The van der Waals surface area contributed by atoms with Gasteiger partial charge >= 0.3 is 0 Å². The van der Waals surface area contributed by atoms with Crippen LogP contribution in [-0.4, -0.2) is 28.3 Å². The van der Waals surface area contributed by atoms with E-state index in [0.29, 0.717) is 11.4 Å². The number of fused-ring (bicyclic) bond motifs is 1. The van der Waals surface area contributed by atoms with Crippen LogP contribution < -0.4 is 10.6 Å². The summed E-state index contributed by atoms with van der Waals surface area (Å²) >= 11 is 3.32. The Morgan fingerprint density at radius 3 is 2.54 bits per heavy atom. The maximum Gasteiger partial charge on any atom is 0.244 e. The molecule has 1 heterocycles. The summed E-state index contributed by atoms with van der Waals surface area (Å²) in [5, 5.41) is 5.22. The minimum absolute atomic E-state index is 0.122. The fourth-order valence-electron chi connectivity index (χ4n) is 2.18. The van der Waals surface area contributed by atoms with Crippen molar-refractivity contribution in [2.45, 2.75) is 0 Å². The highest BCUT2D eigenvalue weighted by molar-refractivity contribution is 9.10. The van der Waals surface area contributed by atoms with Crippen LogP contribution in [-0.2, 0) is 9.59 Å². The Balaban J connectivity index is 1.51. The van der Waals surface area contributed by atoms with Gasteiger partial charge in [0.2, 0.25) is 11.8 Å². The Morgan fingerprint density at radius 2 is 1.77 bits per heavy atom. The van der Waals surface area contributed by atoms with Gasteiger partial charge in [-0.15, -0.1) is 0 Å². The van der Waals surface area contributed by atoms with Gasteiger partial charge in [-0.3, -0.25) is 14.6 Å². The number of nitrogens with zero attached hydrogens (tertiary/aromatic N) is 2. The monoisotopic (exact) mass is 410 g/mol. The number of carbonyl (C=O) groups is 2. The zero-order valence-corrected chi connectivity index (χ0v) is 15.2. The third-order valence-corrected chi connectivity index (χ3v) is 3.95. The van der Waals surface area contributed by atoms with Crippen molar-refractivity contribution in [3.8, 4) is 0 Å². The van der Waals surface area contributed by atoms with Gasteiger partial charge in [0.05, 0.1) is 29.5 Å². The van der Waals surface area contributed by atoms with E-state index in [2.05, 4.69) is 36.5 Å². The number of hydrogen-bond donors (Lipinski definition) is 2. The predicted molar refractivity (Wildman–Crippen MR) is 104 cm³/mol. The van der Waals surface area contributed by atoms with Gasteiger partial charge in [-0.05, 0) is 42.5 Å². The maximum atomic E-state index is 11.8. The molecule has 0 radical (unpaired) electrons. The lowest BCUT2D eigenvalue weighted by Gasteiger charge is -2.05. The highest BCUT2D eigenvalue weighted by Gasteiger charge is 2.04. The maximum absolute atomic E-state index is 11.8. The molecule has 0 aliphatic rings. The van der Waals surface area contributed by atoms with E-state index in [9.17, 15) is 9.59 Å². The van der Waals surface area contributed by atoms with E-state index in [4.69, 9.17) is 0 Å². The number of hydrogen-bond acceptors (Lipinski definition) is 4. The number of halogens is 1. The van der Waals surface area contributed by atoms with Crippen LogP contribution in [0, 0.1) is 0 Å². The highest BCUT2D eigenvalue weighted by Crippen LogP contribution is 2.13. The van der Waals surface area contributed by atoms with Gasteiger partial charge in [0.25, 0.3) is 0 Å². The van der Waals surface area contributed by atoms with E-state index >= 15 is 0 Å². The van der Waals surface area contributed by atoms with Crippen molar-refractivity contribution in [2.75, 3.05) is 11.9 Å². The average Bonchev–Trinajstić information content (AvgIpc) is 2.66. The summed E-state index contributed by atoms with van der Waals surface area (Å²) in [5.41, 5.74) is 2.77. The number of nitrogens with one attached hydrogen (secondary N) is 2. The molecule has 0 atom stereocenters. The predicted octanol–water partition coefficient (Wildman–Crippen LogP) is 3.16. The molecule has 6 nitrogen and oxygen atoms in total. The molecule has 1 aromatic heterocycles. The van der Waals surface area contributed by atoms with Crippen LogP contribution in [0.2, 0.25) is 0 Å². The average molecular weight is 411 g/mol. The van der Waals surface area contributed by atoms with Crippen LogP contribution in [0.25, 0.3) is 17.1 Å². The third-order valence-electron chi connectivity index (χ3n) is 3.42. The molecule has 3 aromatic rings. The summed E-state index contributed by atoms with van der Waals surface area (Å²) in [6.07, 6.45) is 4.47. The molecule has 0 saturated carbocycles. The molecule has 7 heteroatoms. The first-order chi connectivity index (χ1) is 12.6. The van der Waals surface area contributed by atoms with Gasteiger partial charge in [0, 0.05) is 16.2 Å². The molecule has 2 N–H and O–H groups in total. The van der Waals surface area contributed by atoms with Crippen molar-refractivity contribution in [1.29, 1.82) is 0 Å². The minimum atomic E-state index is -0.383. The van der Waals surface area contributed by atoms with E-state index in [0.717, 1.165) is 15.5 Å². The van der Waals surface area contributed by atoms with Crippen molar-refractivity contribution >= 4 is 50.5 Å². The first-order valence-electron chi connectivity index (χ1n) is 7.83. The summed E-state index contributed by atoms with van der Waals surface area (Å²) < 4.78 is 0.922. The molecule has 2 amide bonds. The van der Waals surface area contributed by atoms with E-state index in [1.165, 1.54) is 6.08 Å². The zero-order chi connectivity index (χ0) is 18.4. The SMILES string of the molecule is O=C(C=Cc1cnc2ccccc2n1)NCC(=O)Nc1ccc(Br)cc1. The fourth-order valence-corrected chi connectivity index (χ4v) is 2.44. The molecule has 0 spiro atoms. The first kappa shape index (κ1) is 17.8. The minimum Gasteiger partial charge on any atom is -0.343 e. The lowest BCUT2D eigenvalue weighted by molar-refractivity contribution is -0.121. The molecular weight excluding hydrogens is 396 g/mol. The lowest BCUT2D eigenvalue weighted by Crippen LogP contribution is -2.31. The zero-order valence-electron chi connectivity index (χ0n) is 13.6. The Labute approximate surface area is 158 Å². The summed E-state index contributed by atoms with van der Waals surface area (Å²) in [5.74, 6) is -0.689. The summed E-state index contributed by atoms with van der Waals surface area (Å²) in [7, 11) is 0. The van der Waals surface area contributed by atoms with Gasteiger partial charge in [-0.2, -0.15) is 0 Å². The largest absolute Gasteiger partial charge is 0.343 e. The molecule has 2 aromatic carbocycles. The molecule has 0 saturated heterocycles. The molecule has 0 bridgehead atoms. The van der Waals surface area contributed by atoms with E-state index in [-0.39, 0.29) is 18.4 Å². The molecule has 26 heavy (non-hydrogen) atoms. The van der Waals surface area contributed by atoms with E-state index in [1.807, 2.05) is 36.4 Å². The van der Waals surface area contributed by atoms with Gasteiger partial charge in [-0.25, -0.2) is 4.98 Å². The van der Waals surface area contributed by atoms with Crippen LogP contribution in [0.1, 0.15) is 5.69 Å². The number of amides is 2. The van der Waals surface area contributed by atoms with Crippen LogP contribution in [0.15, 0.2) is 65.3 Å². The number of carbonyl (C=O) groups excluding carboxylic acids is 2. The van der Waals surface area contributed by atoms with Crippen LogP contribution in [0.4, 0.5) is 5.69 Å². The molecule has 0 aliphatic heterocycles. The van der Waals surface area contributed by atoms with Gasteiger partial charge in [-0.1, -0.05) is 28.1 Å². The standard InChI is InChI=1S/C19H15BrN4O2/c20-13-5-7-14(8-6-13)24-19(26)12-22-18(25)10-9-15-11-21-16-3-1-2-4-17(16)23-15/h1-11H,12H2,(H,22,25)(H,24,26). The van der Waals surface area contributed by atoms with Crippen molar-refractivity contribution < 1.29 is 9.59 Å². The molecular formula is C19H15BrN4O2. The number of aromatic nitrogens is 2. The van der Waals surface area contributed by atoms with E-state index in [1.54, 1.807) is 24.4 Å². The topological polar surface area (TPSA) is 84.0 Å². The van der Waals surface area contributed by atoms with E-state index < -0.39 is 0 Å². The normalized spacial score (nSPS) is 10.8. The third kappa shape index (κ3) is 4.97. The van der Waals surface area contributed by atoms with Gasteiger partial charge in [0.15, 0.2) is 0 Å². The molecule has 0 unspecified atom stereocenters. The molecule has 0 fully saturated rings. The van der Waals surface area contributed by atoms with Gasteiger partial charge < -0.3 is 10.6 Å². The first-order valence-corrected chi connectivity index (χ1v) is 8.62. The van der Waals surface area contributed by atoms with Crippen molar-refractivity contribution in [3.63, 3.8) is 0 Å². The number of rotatable bonds is 5. The van der Waals surface area contributed by atoms with Crippen LogP contribution in [0.5, 0.6) is 0 Å². The summed E-state index contributed by atoms with van der Waals surface area (Å²) in [6, 6.07) is 14.7. The second kappa shape index (κ2) is 8.35. The second-order valence-corrected chi connectivity index (χ2v) is 6.31. The number of benzene rings is 2. The Morgan fingerprint density at radius 1 is 1.04 bits per heavy atom. The summed E-state index contributed by atoms with van der Waals surface area (Å²) in [4.78, 5) is 32.4.